The van der Waals surface area contributed by atoms with Crippen molar-refractivity contribution >= 4 is 5.91 Å². The molecule has 1 aliphatic rings. The first kappa shape index (κ1) is 15.7. The number of aromatic nitrogens is 1. The molecule has 1 fully saturated rings. The highest BCUT2D eigenvalue weighted by Gasteiger charge is 2.24. The van der Waals surface area contributed by atoms with E-state index in [1.165, 1.54) is 0 Å². The molecule has 0 radical (unpaired) electrons. The third kappa shape index (κ3) is 4.15. The molecule has 0 saturated carbocycles. The highest BCUT2D eigenvalue weighted by atomic mass is 16.5. The monoisotopic (exact) mass is 293 g/mol. The normalized spacial score (nSPS) is 17.7. The Morgan fingerprint density at radius 2 is 2.38 bits per heavy atom. The molecule has 21 heavy (non-hydrogen) atoms. The summed E-state index contributed by atoms with van der Waals surface area (Å²) in [5.74, 6) is 0.462. The maximum Gasteiger partial charge on any atom is 0.257 e. The van der Waals surface area contributed by atoms with Crippen LogP contribution in [0, 0.1) is 0 Å². The number of nitrogens with zero attached hydrogens (tertiary/aromatic N) is 2. The zero-order valence-electron chi connectivity index (χ0n) is 12.7. The van der Waals surface area contributed by atoms with Crippen LogP contribution in [0.15, 0.2) is 18.5 Å². The fourth-order valence-electron chi connectivity index (χ4n) is 2.55. The van der Waals surface area contributed by atoms with Crippen LogP contribution in [0.5, 0.6) is 5.75 Å². The van der Waals surface area contributed by atoms with Crippen molar-refractivity contribution in [3.63, 3.8) is 0 Å². The quantitative estimate of drug-likeness (QED) is 0.810. The summed E-state index contributed by atoms with van der Waals surface area (Å²) in [7, 11) is 3.19. The molecule has 0 aromatic carbocycles. The molecule has 1 aromatic heterocycles. The first-order chi connectivity index (χ1) is 10.3. The lowest BCUT2D eigenvalue weighted by Gasteiger charge is -2.26. The summed E-state index contributed by atoms with van der Waals surface area (Å²) < 4.78 is 10.4. The number of rotatable bonds is 7. The maximum absolute atomic E-state index is 12.8. The fraction of sp³-hybridized carbons (Fsp3) is 0.600. The van der Waals surface area contributed by atoms with Crippen molar-refractivity contribution in [2.75, 3.05) is 40.5 Å². The molecule has 1 N–H and O–H groups in total. The van der Waals surface area contributed by atoms with Gasteiger partial charge in [0, 0.05) is 32.4 Å². The van der Waals surface area contributed by atoms with Crippen molar-refractivity contribution < 1.29 is 14.3 Å². The molecule has 0 bridgehead atoms. The van der Waals surface area contributed by atoms with E-state index in [-0.39, 0.29) is 5.91 Å². The van der Waals surface area contributed by atoms with E-state index >= 15 is 0 Å². The number of pyridine rings is 1. The highest BCUT2D eigenvalue weighted by Crippen LogP contribution is 2.19. The summed E-state index contributed by atoms with van der Waals surface area (Å²) in [6.07, 6.45) is 5.44. The molecule has 0 aliphatic carbocycles. The second-order valence-electron chi connectivity index (χ2n) is 5.11. The number of hydrogen-bond acceptors (Lipinski definition) is 5. The van der Waals surface area contributed by atoms with Crippen molar-refractivity contribution in [1.29, 1.82) is 0 Å². The predicted molar refractivity (Wildman–Crippen MR) is 79.6 cm³/mol. The summed E-state index contributed by atoms with van der Waals surface area (Å²) in [6.45, 7) is 2.80. The van der Waals surface area contributed by atoms with Gasteiger partial charge in [-0.2, -0.15) is 0 Å². The average molecular weight is 293 g/mol. The minimum Gasteiger partial charge on any atom is -0.494 e. The molecule has 0 spiro atoms. The Morgan fingerprint density at radius 1 is 1.52 bits per heavy atom. The summed E-state index contributed by atoms with van der Waals surface area (Å²) >= 11 is 0. The number of hydrogen-bond donors (Lipinski definition) is 1. The second kappa shape index (κ2) is 7.95. The molecule has 1 saturated heterocycles. The SMILES string of the molecule is COCCN(CC1CCCN1)C(=O)c1ccncc1OC. The van der Waals surface area contributed by atoms with Crippen LogP contribution in [0.2, 0.25) is 0 Å². The van der Waals surface area contributed by atoms with Crippen molar-refractivity contribution in [3.05, 3.63) is 24.0 Å². The van der Waals surface area contributed by atoms with Crippen LogP contribution >= 0.6 is 0 Å². The Kier molecular flexibility index (Phi) is 5.95. The number of ether oxygens (including phenoxy) is 2. The van der Waals surface area contributed by atoms with E-state index in [4.69, 9.17) is 9.47 Å². The third-order valence-electron chi connectivity index (χ3n) is 3.69. The molecule has 2 rings (SSSR count). The van der Waals surface area contributed by atoms with Gasteiger partial charge in [0.05, 0.1) is 25.5 Å². The number of amides is 1. The Morgan fingerprint density at radius 3 is 3.05 bits per heavy atom. The lowest BCUT2D eigenvalue weighted by atomic mass is 10.1. The summed E-state index contributed by atoms with van der Waals surface area (Å²) in [5, 5.41) is 3.42. The lowest BCUT2D eigenvalue weighted by molar-refractivity contribution is 0.0676. The van der Waals surface area contributed by atoms with E-state index in [1.807, 2.05) is 4.90 Å². The highest BCUT2D eigenvalue weighted by molar-refractivity contribution is 5.96. The molecule has 6 heteroatoms. The van der Waals surface area contributed by atoms with Gasteiger partial charge in [-0.25, -0.2) is 0 Å². The van der Waals surface area contributed by atoms with Crippen molar-refractivity contribution in [1.82, 2.24) is 15.2 Å². The van der Waals surface area contributed by atoms with Crippen molar-refractivity contribution in [3.8, 4) is 5.75 Å². The van der Waals surface area contributed by atoms with Crippen LogP contribution in [0.1, 0.15) is 23.2 Å². The molecular formula is C15H23N3O3. The van der Waals surface area contributed by atoms with Crippen molar-refractivity contribution in [2.45, 2.75) is 18.9 Å². The van der Waals surface area contributed by atoms with Crippen LogP contribution in [0.4, 0.5) is 0 Å². The van der Waals surface area contributed by atoms with Gasteiger partial charge in [-0.15, -0.1) is 0 Å². The predicted octanol–water partition coefficient (Wildman–Crippen LogP) is 0.931. The smallest absolute Gasteiger partial charge is 0.257 e. The first-order valence-corrected chi connectivity index (χ1v) is 7.26. The van der Waals surface area contributed by atoms with Gasteiger partial charge in [-0.3, -0.25) is 9.78 Å². The van der Waals surface area contributed by atoms with Crippen LogP contribution in [-0.2, 0) is 4.74 Å². The largest absolute Gasteiger partial charge is 0.494 e. The van der Waals surface area contributed by atoms with Gasteiger partial charge in [-0.1, -0.05) is 0 Å². The average Bonchev–Trinajstić information content (AvgIpc) is 3.03. The number of carbonyl (C=O) groups excluding carboxylic acids is 1. The van der Waals surface area contributed by atoms with Gasteiger partial charge in [0.15, 0.2) is 0 Å². The van der Waals surface area contributed by atoms with Gasteiger partial charge >= 0.3 is 0 Å². The summed E-state index contributed by atoms with van der Waals surface area (Å²) in [6, 6.07) is 2.06. The second-order valence-corrected chi connectivity index (χ2v) is 5.11. The van der Waals surface area contributed by atoms with Crippen LogP contribution in [0.3, 0.4) is 0 Å². The zero-order chi connectivity index (χ0) is 15.1. The Bertz CT molecular complexity index is 461. The topological polar surface area (TPSA) is 63.7 Å². The van der Waals surface area contributed by atoms with E-state index in [0.717, 1.165) is 19.4 Å². The summed E-state index contributed by atoms with van der Waals surface area (Å²) in [4.78, 5) is 18.6. The van der Waals surface area contributed by atoms with Crippen LogP contribution in [-0.4, -0.2) is 62.3 Å². The Hall–Kier alpha value is -1.66. The lowest BCUT2D eigenvalue weighted by Crippen LogP contribution is -2.42. The molecule has 1 aliphatic heterocycles. The van der Waals surface area contributed by atoms with Gasteiger partial charge in [-0.05, 0) is 25.5 Å². The molecule has 1 atom stereocenters. The molecule has 1 aromatic rings. The van der Waals surface area contributed by atoms with Crippen LogP contribution in [0.25, 0.3) is 0 Å². The number of nitrogens with one attached hydrogen (secondary N) is 1. The van der Waals surface area contributed by atoms with Gasteiger partial charge in [0.25, 0.3) is 5.91 Å². The standard InChI is InChI=1S/C15H23N3O3/c1-20-9-8-18(11-12-4-3-6-17-12)15(19)13-5-7-16-10-14(13)21-2/h5,7,10,12,17H,3-4,6,8-9,11H2,1-2H3. The molecule has 1 amide bonds. The van der Waals surface area contributed by atoms with Crippen molar-refractivity contribution in [2.24, 2.45) is 0 Å². The minimum atomic E-state index is -0.0417. The van der Waals surface area contributed by atoms with E-state index in [0.29, 0.717) is 37.1 Å². The van der Waals surface area contributed by atoms with E-state index < -0.39 is 0 Å². The van der Waals surface area contributed by atoms with Crippen LogP contribution < -0.4 is 10.1 Å². The molecular weight excluding hydrogens is 270 g/mol. The van der Waals surface area contributed by atoms with Gasteiger partial charge in [0.2, 0.25) is 0 Å². The third-order valence-corrected chi connectivity index (χ3v) is 3.69. The minimum absolute atomic E-state index is 0.0417. The van der Waals surface area contributed by atoms with Gasteiger partial charge < -0.3 is 19.7 Å². The fourth-order valence-corrected chi connectivity index (χ4v) is 2.55. The summed E-state index contributed by atoms with van der Waals surface area (Å²) in [5.41, 5.74) is 0.543. The maximum atomic E-state index is 12.8. The Balaban J connectivity index is 2.11. The van der Waals surface area contributed by atoms with E-state index in [2.05, 4.69) is 10.3 Å². The zero-order valence-corrected chi connectivity index (χ0v) is 12.7. The Labute approximate surface area is 125 Å². The molecule has 1 unspecified atom stereocenters. The number of methoxy groups -OCH3 is 2. The first-order valence-electron chi connectivity index (χ1n) is 7.26. The molecule has 6 nitrogen and oxygen atoms in total. The van der Waals surface area contributed by atoms with E-state index in [1.54, 1.807) is 32.7 Å². The number of carbonyl (C=O) groups is 1. The molecule has 116 valence electrons. The van der Waals surface area contributed by atoms with Gasteiger partial charge in [0.1, 0.15) is 5.75 Å². The van der Waals surface area contributed by atoms with E-state index in [9.17, 15) is 4.79 Å². The molecule has 2 heterocycles.